The Morgan fingerprint density at radius 1 is 1.14 bits per heavy atom. The van der Waals surface area contributed by atoms with Gasteiger partial charge in [0.25, 0.3) is 11.5 Å². The number of amides is 1. The van der Waals surface area contributed by atoms with Crippen molar-refractivity contribution < 1.29 is 4.79 Å². The summed E-state index contributed by atoms with van der Waals surface area (Å²) in [6, 6.07) is 1.98. The van der Waals surface area contributed by atoms with Crippen LogP contribution < -0.4 is 5.56 Å². The molecule has 0 atom stereocenters. The molecule has 1 amide bonds. The molecule has 1 aliphatic heterocycles. The second kappa shape index (κ2) is 6.39. The molecule has 2 heterocycles. The second-order valence-electron chi connectivity index (χ2n) is 5.92. The average Bonchev–Trinajstić information content (AvgIpc) is 2.55. The molecule has 0 bridgehead atoms. The smallest absolute Gasteiger partial charge is 0.272 e. The third-order valence-corrected chi connectivity index (χ3v) is 4.59. The molecule has 6 nitrogen and oxygen atoms in total. The van der Waals surface area contributed by atoms with Gasteiger partial charge in [-0.2, -0.15) is 0 Å². The van der Waals surface area contributed by atoms with Gasteiger partial charge in [-0.25, -0.2) is 4.98 Å². The maximum Gasteiger partial charge on any atom is 0.272 e. The van der Waals surface area contributed by atoms with Crippen molar-refractivity contribution in [2.24, 2.45) is 0 Å². The van der Waals surface area contributed by atoms with E-state index in [2.05, 4.69) is 14.9 Å². The Morgan fingerprint density at radius 2 is 1.86 bits per heavy atom. The molecule has 1 aliphatic carbocycles. The normalized spacial score (nSPS) is 21.4. The largest absolute Gasteiger partial charge is 0.335 e. The number of nitrogens with zero attached hydrogens (tertiary/aromatic N) is 3. The molecule has 114 valence electrons. The molecular weight excluding hydrogens is 268 g/mol. The minimum absolute atomic E-state index is 0.135. The number of aromatic nitrogens is 2. The fourth-order valence-corrected chi connectivity index (χ4v) is 3.38. The second-order valence-corrected chi connectivity index (χ2v) is 5.92. The van der Waals surface area contributed by atoms with Gasteiger partial charge >= 0.3 is 0 Å². The first-order valence-corrected chi connectivity index (χ1v) is 7.82. The summed E-state index contributed by atoms with van der Waals surface area (Å²) in [5.41, 5.74) is -0.0425. The summed E-state index contributed by atoms with van der Waals surface area (Å²) in [7, 11) is 0. The number of carbonyl (C=O) groups is 1. The van der Waals surface area contributed by atoms with E-state index in [4.69, 9.17) is 0 Å². The minimum Gasteiger partial charge on any atom is -0.335 e. The molecule has 1 aromatic rings. The fraction of sp³-hybridized carbons (Fsp3) is 0.667. The molecule has 6 heteroatoms. The van der Waals surface area contributed by atoms with Crippen molar-refractivity contribution in [1.82, 2.24) is 19.8 Å². The first-order valence-electron chi connectivity index (χ1n) is 7.82. The van der Waals surface area contributed by atoms with Crippen LogP contribution >= 0.6 is 0 Å². The Morgan fingerprint density at radius 3 is 2.52 bits per heavy atom. The van der Waals surface area contributed by atoms with Crippen LogP contribution in [0.3, 0.4) is 0 Å². The number of piperazine rings is 1. The number of hydrogen-bond donors (Lipinski definition) is 1. The monoisotopic (exact) mass is 290 g/mol. The molecule has 0 aromatic carbocycles. The fourth-order valence-electron chi connectivity index (χ4n) is 3.38. The van der Waals surface area contributed by atoms with Gasteiger partial charge in [-0.1, -0.05) is 19.3 Å². The van der Waals surface area contributed by atoms with Gasteiger partial charge in [0.1, 0.15) is 5.69 Å². The van der Waals surface area contributed by atoms with Gasteiger partial charge in [0.05, 0.1) is 6.33 Å². The summed E-state index contributed by atoms with van der Waals surface area (Å²) in [6.07, 6.45) is 7.91. The highest BCUT2D eigenvalue weighted by molar-refractivity contribution is 5.92. The average molecular weight is 290 g/mol. The molecular formula is C15H22N4O2. The standard InChI is InChI=1S/C15H22N4O2/c20-14-10-13(16-11-17-14)15(21)19-8-6-18(7-9-19)12-4-2-1-3-5-12/h10-12H,1-9H2,(H,16,17,20). The first kappa shape index (κ1) is 14.3. The van der Waals surface area contributed by atoms with Crippen molar-refractivity contribution in [3.8, 4) is 0 Å². The first-order chi connectivity index (χ1) is 10.2. The molecule has 2 fully saturated rings. The van der Waals surface area contributed by atoms with Crippen molar-refractivity contribution in [2.75, 3.05) is 26.2 Å². The number of hydrogen-bond acceptors (Lipinski definition) is 4. The highest BCUT2D eigenvalue weighted by Crippen LogP contribution is 2.23. The molecule has 0 unspecified atom stereocenters. The molecule has 1 saturated heterocycles. The van der Waals surface area contributed by atoms with Crippen molar-refractivity contribution in [3.63, 3.8) is 0 Å². The SMILES string of the molecule is O=C(c1cc(=O)[nH]cn1)N1CCN(C2CCCCC2)CC1. The lowest BCUT2D eigenvalue weighted by molar-refractivity contribution is 0.0518. The van der Waals surface area contributed by atoms with Gasteiger partial charge in [0, 0.05) is 38.3 Å². The predicted octanol–water partition coefficient (Wildman–Crippen LogP) is 0.860. The van der Waals surface area contributed by atoms with Crippen molar-refractivity contribution in [2.45, 2.75) is 38.1 Å². The molecule has 21 heavy (non-hydrogen) atoms. The van der Waals surface area contributed by atoms with Crippen LogP contribution in [-0.4, -0.2) is 57.9 Å². The quantitative estimate of drug-likeness (QED) is 0.877. The Kier molecular flexibility index (Phi) is 4.34. The molecule has 1 N–H and O–H groups in total. The summed E-state index contributed by atoms with van der Waals surface area (Å²) in [5.74, 6) is -0.135. The molecule has 1 aromatic heterocycles. The van der Waals surface area contributed by atoms with Crippen LogP contribution in [-0.2, 0) is 0 Å². The molecule has 0 radical (unpaired) electrons. The van der Waals surface area contributed by atoms with Crippen LogP contribution in [0.4, 0.5) is 0 Å². The van der Waals surface area contributed by atoms with Gasteiger partial charge in [0.15, 0.2) is 0 Å². The maximum absolute atomic E-state index is 12.3. The van der Waals surface area contributed by atoms with E-state index in [0.29, 0.717) is 6.04 Å². The topological polar surface area (TPSA) is 69.3 Å². The van der Waals surface area contributed by atoms with E-state index in [-0.39, 0.29) is 17.2 Å². The molecule has 0 spiro atoms. The van der Waals surface area contributed by atoms with Gasteiger partial charge in [-0.3, -0.25) is 14.5 Å². The Hall–Kier alpha value is -1.69. The minimum atomic E-state index is -0.283. The van der Waals surface area contributed by atoms with E-state index in [1.807, 2.05) is 0 Å². The number of H-pyrrole nitrogens is 1. The van der Waals surface area contributed by atoms with Crippen molar-refractivity contribution in [3.05, 3.63) is 28.4 Å². The zero-order valence-electron chi connectivity index (χ0n) is 12.3. The molecule has 3 rings (SSSR count). The van der Waals surface area contributed by atoms with Crippen LogP contribution in [0.2, 0.25) is 0 Å². The van der Waals surface area contributed by atoms with Gasteiger partial charge in [-0.15, -0.1) is 0 Å². The van der Waals surface area contributed by atoms with E-state index in [1.54, 1.807) is 4.90 Å². The highest BCUT2D eigenvalue weighted by Gasteiger charge is 2.27. The Bertz CT molecular complexity index is 543. The third kappa shape index (κ3) is 3.32. The van der Waals surface area contributed by atoms with Crippen molar-refractivity contribution in [1.29, 1.82) is 0 Å². The third-order valence-electron chi connectivity index (χ3n) is 4.59. The van der Waals surface area contributed by atoms with E-state index in [1.165, 1.54) is 44.5 Å². The zero-order chi connectivity index (χ0) is 14.7. The van der Waals surface area contributed by atoms with Crippen LogP contribution in [0, 0.1) is 0 Å². The summed E-state index contributed by atoms with van der Waals surface area (Å²) >= 11 is 0. The summed E-state index contributed by atoms with van der Waals surface area (Å²) < 4.78 is 0. The van der Waals surface area contributed by atoms with E-state index in [0.717, 1.165) is 26.2 Å². The van der Waals surface area contributed by atoms with Crippen LogP contribution in [0.15, 0.2) is 17.2 Å². The molecule has 1 saturated carbocycles. The number of nitrogens with one attached hydrogen (secondary N) is 1. The number of carbonyl (C=O) groups excluding carboxylic acids is 1. The zero-order valence-corrected chi connectivity index (χ0v) is 12.3. The van der Waals surface area contributed by atoms with Gasteiger partial charge < -0.3 is 9.88 Å². The Labute approximate surface area is 124 Å². The Balaban J connectivity index is 1.57. The van der Waals surface area contributed by atoms with Crippen molar-refractivity contribution >= 4 is 5.91 Å². The van der Waals surface area contributed by atoms with E-state index in [9.17, 15) is 9.59 Å². The lowest BCUT2D eigenvalue weighted by Crippen LogP contribution is -2.52. The predicted molar refractivity (Wildman–Crippen MR) is 79.2 cm³/mol. The van der Waals surface area contributed by atoms with E-state index < -0.39 is 0 Å². The molecule has 2 aliphatic rings. The summed E-state index contributed by atoms with van der Waals surface area (Å²) in [5, 5.41) is 0. The summed E-state index contributed by atoms with van der Waals surface area (Å²) in [6.45, 7) is 3.31. The van der Waals surface area contributed by atoms with Gasteiger partial charge in [-0.05, 0) is 12.8 Å². The van der Waals surface area contributed by atoms with Gasteiger partial charge in [0.2, 0.25) is 0 Å². The number of rotatable bonds is 2. The highest BCUT2D eigenvalue weighted by atomic mass is 16.2. The maximum atomic E-state index is 12.3. The summed E-state index contributed by atoms with van der Waals surface area (Å²) in [4.78, 5) is 34.3. The lowest BCUT2D eigenvalue weighted by Gasteiger charge is -2.40. The van der Waals surface area contributed by atoms with Crippen LogP contribution in [0.25, 0.3) is 0 Å². The van der Waals surface area contributed by atoms with E-state index >= 15 is 0 Å². The lowest BCUT2D eigenvalue weighted by atomic mass is 9.94. The van der Waals surface area contributed by atoms with Crippen LogP contribution in [0.1, 0.15) is 42.6 Å². The number of aromatic amines is 1. The van der Waals surface area contributed by atoms with Crippen LogP contribution in [0.5, 0.6) is 0 Å².